The minimum Gasteiger partial charge on any atom is -0.458 e. The predicted molar refractivity (Wildman–Crippen MR) is 272 cm³/mol. The van der Waals surface area contributed by atoms with Gasteiger partial charge in [-0.15, -0.1) is 11.3 Å². The zero-order valence-electron chi connectivity index (χ0n) is 36.4. The van der Waals surface area contributed by atoms with Gasteiger partial charge in [-0.05, 0) is 129 Å². The summed E-state index contributed by atoms with van der Waals surface area (Å²) in [6.07, 6.45) is 0. The molecule has 0 amide bonds. The molecule has 310 valence electrons. The van der Waals surface area contributed by atoms with E-state index in [1.165, 1.54) is 70.7 Å². The normalized spacial score (nSPS) is 16.1. The lowest BCUT2D eigenvalue weighted by molar-refractivity contribution is 0.486. The van der Waals surface area contributed by atoms with Gasteiger partial charge in [0.05, 0.1) is 22.7 Å². The smallest absolute Gasteiger partial charge is 0.256 e. The topological polar surface area (TPSA) is 25.4 Å². The van der Waals surface area contributed by atoms with Crippen LogP contribution in [0.3, 0.4) is 0 Å². The third-order valence-electron chi connectivity index (χ3n) is 14.2. The van der Waals surface area contributed by atoms with Crippen LogP contribution in [0.5, 0.6) is 11.5 Å². The summed E-state index contributed by atoms with van der Waals surface area (Å²) in [5.41, 5.74) is 13.8. The third-order valence-corrected chi connectivity index (χ3v) is 15.3. The lowest BCUT2D eigenvalue weighted by atomic mass is 9.34. The Morgan fingerprint density at radius 3 is 1.70 bits per heavy atom. The average Bonchev–Trinajstić information content (AvgIpc) is 3.87. The number of benzene rings is 8. The van der Waals surface area contributed by atoms with Crippen LogP contribution in [-0.4, -0.2) is 31.1 Å². The van der Waals surface area contributed by atoms with Crippen LogP contribution in [0, 0.1) is 0 Å². The molecular weight excluding hydrogens is 802 g/mol. The molecule has 9 aromatic rings. The molecule has 0 atom stereocenters. The van der Waals surface area contributed by atoms with Crippen LogP contribution >= 0.6 is 11.3 Å². The first kappa shape index (κ1) is 37.4. The lowest BCUT2D eigenvalue weighted by Crippen LogP contribution is -2.61. The van der Waals surface area contributed by atoms with Crippen LogP contribution in [0.1, 0.15) is 27.7 Å². The van der Waals surface area contributed by atoms with E-state index in [1.807, 2.05) is 11.3 Å². The van der Waals surface area contributed by atoms with Gasteiger partial charge in [0.2, 0.25) is 0 Å². The molecule has 0 radical (unpaired) electrons. The highest BCUT2D eigenvalue weighted by Gasteiger charge is 2.49. The molecule has 4 aliphatic heterocycles. The summed E-state index contributed by atoms with van der Waals surface area (Å²) in [6, 6.07) is 66.7. The molecule has 8 heteroatoms. The fourth-order valence-corrected chi connectivity index (χ4v) is 12.7. The van der Waals surface area contributed by atoms with Crippen molar-refractivity contribution in [3.63, 3.8) is 0 Å². The zero-order chi connectivity index (χ0) is 42.9. The summed E-state index contributed by atoms with van der Waals surface area (Å²) in [6.45, 7) is 10.9. The molecule has 1 aromatic heterocycles. The second-order valence-corrected chi connectivity index (χ2v) is 19.5. The molecule has 4 aliphatic rings. The van der Waals surface area contributed by atoms with Crippen molar-refractivity contribution in [3.8, 4) is 11.5 Å². The summed E-state index contributed by atoms with van der Waals surface area (Å²) in [4.78, 5) is 12.7. The SMILES string of the molecule is CC1(C)N(CCN2c3cc4c(cc3B3c5cc6c(cc5Oc5cccc2c53)N(c2ccccc2)C(C)(C)N6c2ccccc2)sc2ccccc24)c2ccccc2N1c1ccccc1. The first-order valence-corrected chi connectivity index (χ1v) is 23.2. The second kappa shape index (κ2) is 13.7. The van der Waals surface area contributed by atoms with Gasteiger partial charge in [0.1, 0.15) is 22.8 Å². The van der Waals surface area contributed by atoms with Gasteiger partial charge in [-0.2, -0.15) is 0 Å². The highest BCUT2D eigenvalue weighted by molar-refractivity contribution is 7.26. The van der Waals surface area contributed by atoms with Gasteiger partial charge in [0, 0.05) is 67.8 Å². The van der Waals surface area contributed by atoms with Gasteiger partial charge in [-0.25, -0.2) is 0 Å². The predicted octanol–water partition coefficient (Wildman–Crippen LogP) is 12.5. The van der Waals surface area contributed by atoms with Gasteiger partial charge in [-0.1, -0.05) is 91.0 Å². The summed E-state index contributed by atoms with van der Waals surface area (Å²) < 4.78 is 9.80. The van der Waals surface area contributed by atoms with Gasteiger partial charge in [-0.3, -0.25) is 0 Å². The second-order valence-electron chi connectivity index (χ2n) is 18.4. The maximum Gasteiger partial charge on any atom is 0.256 e. The fraction of sp³-hybridized carbons (Fsp3) is 0.143. The number of thiophene rings is 1. The minimum atomic E-state index is -0.421. The summed E-state index contributed by atoms with van der Waals surface area (Å²) in [5.74, 6) is 1.83. The number of hydrogen-bond acceptors (Lipinski definition) is 7. The Hall–Kier alpha value is -7.16. The van der Waals surface area contributed by atoms with E-state index in [2.05, 4.69) is 234 Å². The third kappa shape index (κ3) is 5.26. The Morgan fingerprint density at radius 1 is 0.438 bits per heavy atom. The van der Waals surface area contributed by atoms with Crippen molar-refractivity contribution >= 4 is 106 Å². The van der Waals surface area contributed by atoms with Crippen LogP contribution < -0.4 is 45.6 Å². The quantitative estimate of drug-likeness (QED) is 0.155. The van der Waals surface area contributed by atoms with Crippen molar-refractivity contribution in [2.24, 2.45) is 0 Å². The molecular formula is C56H46BN5OS. The Labute approximate surface area is 378 Å². The summed E-state index contributed by atoms with van der Waals surface area (Å²) in [7, 11) is 0. The van der Waals surface area contributed by atoms with Crippen LogP contribution in [0.15, 0.2) is 182 Å². The number of nitrogens with zero attached hydrogens (tertiary/aromatic N) is 5. The Morgan fingerprint density at radius 2 is 1.02 bits per heavy atom. The number of ether oxygens (including phenoxy) is 1. The fourth-order valence-electron chi connectivity index (χ4n) is 11.6. The molecule has 0 saturated heterocycles. The van der Waals surface area contributed by atoms with Crippen LogP contribution in [0.25, 0.3) is 20.2 Å². The molecule has 64 heavy (non-hydrogen) atoms. The van der Waals surface area contributed by atoms with E-state index in [0.717, 1.165) is 41.7 Å². The number of rotatable bonds is 6. The van der Waals surface area contributed by atoms with E-state index in [1.54, 1.807) is 0 Å². The molecule has 0 N–H and O–H groups in total. The van der Waals surface area contributed by atoms with Crippen molar-refractivity contribution in [2.75, 3.05) is 37.6 Å². The molecule has 0 unspecified atom stereocenters. The van der Waals surface area contributed by atoms with E-state index in [0.29, 0.717) is 0 Å². The van der Waals surface area contributed by atoms with E-state index in [-0.39, 0.29) is 12.4 Å². The van der Waals surface area contributed by atoms with Crippen molar-refractivity contribution in [1.29, 1.82) is 0 Å². The van der Waals surface area contributed by atoms with Crippen molar-refractivity contribution in [2.45, 2.75) is 39.0 Å². The van der Waals surface area contributed by atoms with E-state index >= 15 is 0 Å². The van der Waals surface area contributed by atoms with E-state index < -0.39 is 5.66 Å². The standard InChI is InChI=1S/C56H46BN5OS/c1-55(2)59(44-26-15-16-27-45(44)60(55)37-19-8-5-9-20-37)32-31-58-46-28-18-29-50-54(46)57(42-35-53-41(33-47(42)58)40-25-14-17-30-52(40)64-53)43-34-48-49(36-51(43)63-50)62(39-23-12-7-13-24-39)56(3,4)61(48)38-21-10-6-11-22-38/h5-30,33-36H,31-32H2,1-4H3. The minimum absolute atomic E-state index is 0.0369. The first-order valence-electron chi connectivity index (χ1n) is 22.4. The summed E-state index contributed by atoms with van der Waals surface area (Å²) in [5, 5.41) is 2.62. The van der Waals surface area contributed by atoms with Gasteiger partial charge in [0.15, 0.2) is 0 Å². The van der Waals surface area contributed by atoms with Crippen molar-refractivity contribution in [1.82, 2.24) is 0 Å². The Bertz CT molecular complexity index is 3320. The maximum atomic E-state index is 7.18. The number of anilines is 9. The zero-order valence-corrected chi connectivity index (χ0v) is 37.2. The average molecular weight is 848 g/mol. The highest BCUT2D eigenvalue weighted by atomic mass is 32.1. The highest BCUT2D eigenvalue weighted by Crippen LogP contribution is 2.55. The number of hydrogen-bond donors (Lipinski definition) is 0. The molecule has 5 heterocycles. The molecule has 8 aromatic carbocycles. The van der Waals surface area contributed by atoms with Gasteiger partial charge >= 0.3 is 0 Å². The Kier molecular flexibility index (Phi) is 7.99. The molecule has 0 fully saturated rings. The maximum absolute atomic E-state index is 7.18. The first-order chi connectivity index (χ1) is 31.3. The molecule has 0 aliphatic carbocycles. The Balaban J connectivity index is 0.994. The van der Waals surface area contributed by atoms with Gasteiger partial charge in [0.25, 0.3) is 6.71 Å². The van der Waals surface area contributed by atoms with E-state index in [9.17, 15) is 0 Å². The van der Waals surface area contributed by atoms with Crippen LogP contribution in [-0.2, 0) is 0 Å². The monoisotopic (exact) mass is 847 g/mol. The number of para-hydroxylation sites is 5. The van der Waals surface area contributed by atoms with Crippen LogP contribution in [0.2, 0.25) is 0 Å². The molecule has 13 rings (SSSR count). The van der Waals surface area contributed by atoms with Crippen molar-refractivity contribution in [3.05, 3.63) is 182 Å². The van der Waals surface area contributed by atoms with Crippen LogP contribution in [0.4, 0.5) is 51.2 Å². The molecule has 0 spiro atoms. The largest absolute Gasteiger partial charge is 0.458 e. The lowest BCUT2D eigenvalue weighted by Gasteiger charge is -2.43. The van der Waals surface area contributed by atoms with E-state index in [4.69, 9.17) is 4.74 Å². The van der Waals surface area contributed by atoms with Gasteiger partial charge < -0.3 is 29.2 Å². The number of fused-ring (bicyclic) bond motifs is 9. The summed E-state index contributed by atoms with van der Waals surface area (Å²) >= 11 is 1.89. The van der Waals surface area contributed by atoms with Crippen molar-refractivity contribution < 1.29 is 4.74 Å². The molecule has 0 bridgehead atoms. The molecule has 6 nitrogen and oxygen atoms in total. The molecule has 0 saturated carbocycles.